The highest BCUT2D eigenvalue weighted by atomic mass is 31.2. The molecule has 3 unspecified atom stereocenters. The molecule has 10 heteroatoms. The normalized spacial score (nSPS) is 18.5. The van der Waals surface area contributed by atoms with E-state index in [1.54, 1.807) is 0 Å². The standard InChI is InChI=1S/C33H38NO8P/c1-22(35)34-30(20-24-13-17-29(18-14-24)33(38,39)43(40,41)42)31(36)21-28-10-6-5-9-27(32(28)37)19-23-11-15-26(16-12-23)25-7-3-2-4-8-25/h2-4,7-8,11-18,27-28,30,38-39H,5-6,9-10,19-21H2,1H3,(H,34,35)(H2,40,41,42). The topological polar surface area (TPSA) is 161 Å². The van der Waals surface area contributed by atoms with Gasteiger partial charge in [-0.25, -0.2) is 0 Å². The lowest BCUT2D eigenvalue weighted by atomic mass is 9.83. The molecule has 1 fully saturated rings. The number of carbonyl (C=O) groups is 3. The van der Waals surface area contributed by atoms with Crippen LogP contribution < -0.4 is 5.32 Å². The molecule has 5 N–H and O–H groups in total. The van der Waals surface area contributed by atoms with Crippen LogP contribution in [0, 0.1) is 11.8 Å². The molecule has 0 bridgehead atoms. The maximum atomic E-state index is 13.6. The summed E-state index contributed by atoms with van der Waals surface area (Å²) in [4.78, 5) is 57.5. The number of carbonyl (C=O) groups excluding carboxylic acids is 3. The lowest BCUT2D eigenvalue weighted by molar-refractivity contribution is -0.132. The maximum absolute atomic E-state index is 13.6. The molecule has 43 heavy (non-hydrogen) atoms. The number of ketones is 2. The Morgan fingerprint density at radius 2 is 1.42 bits per heavy atom. The molecular weight excluding hydrogens is 569 g/mol. The average Bonchev–Trinajstić information content (AvgIpc) is 3.13. The van der Waals surface area contributed by atoms with E-state index in [1.165, 1.54) is 19.1 Å². The summed E-state index contributed by atoms with van der Waals surface area (Å²) in [5, 5.41) is 22.4. The number of hydrogen-bond acceptors (Lipinski definition) is 6. The molecule has 0 saturated heterocycles. The second-order valence-electron chi connectivity index (χ2n) is 11.4. The molecule has 0 radical (unpaired) electrons. The molecule has 0 aliphatic heterocycles. The van der Waals surface area contributed by atoms with Crippen molar-refractivity contribution in [2.45, 2.75) is 63.4 Å². The van der Waals surface area contributed by atoms with Crippen LogP contribution in [0.25, 0.3) is 11.1 Å². The summed E-state index contributed by atoms with van der Waals surface area (Å²) in [5.74, 6) is -1.26. The van der Waals surface area contributed by atoms with Crippen molar-refractivity contribution >= 4 is 25.1 Å². The first-order valence-electron chi connectivity index (χ1n) is 14.4. The van der Waals surface area contributed by atoms with Gasteiger partial charge in [0.05, 0.1) is 6.04 Å². The number of aliphatic hydroxyl groups is 2. The van der Waals surface area contributed by atoms with Crippen LogP contribution in [-0.2, 0) is 37.3 Å². The molecule has 1 aliphatic carbocycles. The van der Waals surface area contributed by atoms with Crippen molar-refractivity contribution in [3.8, 4) is 11.1 Å². The smallest absolute Gasteiger partial charge is 0.352 e. The van der Waals surface area contributed by atoms with Gasteiger partial charge >= 0.3 is 7.60 Å². The highest BCUT2D eigenvalue weighted by Crippen LogP contribution is 2.53. The zero-order valence-corrected chi connectivity index (χ0v) is 25.0. The van der Waals surface area contributed by atoms with E-state index in [0.29, 0.717) is 18.4 Å². The van der Waals surface area contributed by atoms with Crippen LogP contribution in [0.1, 0.15) is 55.7 Å². The molecule has 0 spiro atoms. The van der Waals surface area contributed by atoms with E-state index in [2.05, 4.69) is 41.7 Å². The van der Waals surface area contributed by atoms with Gasteiger partial charge in [0.1, 0.15) is 5.78 Å². The van der Waals surface area contributed by atoms with E-state index in [1.807, 2.05) is 18.2 Å². The SMILES string of the molecule is CC(=O)NC(Cc1ccc(C(O)(O)P(=O)(O)O)cc1)C(=O)CC1CCCCC(Cc2ccc(-c3ccccc3)cc2)C1=O. The van der Waals surface area contributed by atoms with Gasteiger partial charge in [0.15, 0.2) is 5.78 Å². The molecular formula is C33H38NO8P. The summed E-state index contributed by atoms with van der Waals surface area (Å²) in [6, 6.07) is 22.5. The fourth-order valence-electron chi connectivity index (χ4n) is 5.70. The molecule has 1 aliphatic rings. The van der Waals surface area contributed by atoms with Crippen molar-refractivity contribution < 1.29 is 38.9 Å². The lowest BCUT2D eigenvalue weighted by Gasteiger charge is -2.24. The second-order valence-corrected chi connectivity index (χ2v) is 13.1. The van der Waals surface area contributed by atoms with Crippen LogP contribution in [-0.4, -0.2) is 43.5 Å². The Bertz CT molecular complexity index is 1470. The zero-order chi connectivity index (χ0) is 31.2. The van der Waals surface area contributed by atoms with E-state index in [9.17, 15) is 38.9 Å². The third kappa shape index (κ3) is 8.34. The summed E-state index contributed by atoms with van der Waals surface area (Å²) in [7, 11) is -5.27. The molecule has 0 heterocycles. The number of benzene rings is 3. The highest BCUT2D eigenvalue weighted by Gasteiger charge is 2.45. The number of nitrogens with one attached hydrogen (secondary N) is 1. The first-order chi connectivity index (χ1) is 20.3. The quantitative estimate of drug-likeness (QED) is 0.123. The minimum atomic E-state index is -5.27. The van der Waals surface area contributed by atoms with Gasteiger partial charge in [0.25, 0.3) is 5.53 Å². The molecule has 1 saturated carbocycles. The predicted octanol–water partition coefficient (Wildman–Crippen LogP) is 4.25. The Morgan fingerprint density at radius 3 is 2.00 bits per heavy atom. The number of amides is 1. The number of rotatable bonds is 11. The average molecular weight is 608 g/mol. The molecule has 9 nitrogen and oxygen atoms in total. The molecule has 3 atom stereocenters. The van der Waals surface area contributed by atoms with E-state index in [4.69, 9.17) is 0 Å². The van der Waals surface area contributed by atoms with Gasteiger partial charge < -0.3 is 25.3 Å². The Balaban J connectivity index is 1.43. The van der Waals surface area contributed by atoms with Crippen LogP contribution in [0.15, 0.2) is 78.9 Å². The minimum Gasteiger partial charge on any atom is -0.352 e. The third-order valence-corrected chi connectivity index (χ3v) is 9.17. The Kier molecular flexibility index (Phi) is 10.5. The second kappa shape index (κ2) is 13.9. The van der Waals surface area contributed by atoms with E-state index >= 15 is 0 Å². The summed E-state index contributed by atoms with van der Waals surface area (Å²) in [6.45, 7) is 1.30. The van der Waals surface area contributed by atoms with E-state index < -0.39 is 36.6 Å². The van der Waals surface area contributed by atoms with Gasteiger partial charge in [-0.2, -0.15) is 0 Å². The fourth-order valence-corrected chi connectivity index (χ4v) is 6.18. The van der Waals surface area contributed by atoms with Crippen molar-refractivity contribution in [1.82, 2.24) is 5.32 Å². The first kappa shape index (κ1) is 32.5. The van der Waals surface area contributed by atoms with Crippen LogP contribution >= 0.6 is 7.60 Å². The predicted molar refractivity (Wildman–Crippen MR) is 162 cm³/mol. The van der Waals surface area contributed by atoms with Crippen LogP contribution in [0.4, 0.5) is 0 Å². The zero-order valence-electron chi connectivity index (χ0n) is 24.1. The largest absolute Gasteiger partial charge is 0.389 e. The first-order valence-corrected chi connectivity index (χ1v) is 16.0. The third-order valence-electron chi connectivity index (χ3n) is 8.10. The van der Waals surface area contributed by atoms with E-state index in [0.717, 1.165) is 48.1 Å². The minimum absolute atomic E-state index is 0.0000930. The fraction of sp³-hybridized carbons (Fsp3) is 0.364. The van der Waals surface area contributed by atoms with Crippen molar-refractivity contribution in [2.24, 2.45) is 11.8 Å². The lowest BCUT2D eigenvalue weighted by Crippen LogP contribution is -2.42. The van der Waals surface area contributed by atoms with Gasteiger partial charge in [0, 0.05) is 30.7 Å². The summed E-state index contributed by atoms with van der Waals surface area (Å²) in [6.07, 6.45) is 3.77. The Morgan fingerprint density at radius 1 is 0.860 bits per heavy atom. The van der Waals surface area contributed by atoms with Crippen molar-refractivity contribution in [2.75, 3.05) is 0 Å². The van der Waals surface area contributed by atoms with Crippen LogP contribution in [0.2, 0.25) is 0 Å². The van der Waals surface area contributed by atoms with Gasteiger partial charge in [-0.3, -0.25) is 18.9 Å². The maximum Gasteiger partial charge on any atom is 0.389 e. The molecule has 1 amide bonds. The number of Topliss-reactive ketones (excluding diaryl/α,β-unsaturated/α-hetero) is 2. The molecule has 3 aromatic carbocycles. The van der Waals surface area contributed by atoms with E-state index in [-0.39, 0.29) is 30.3 Å². The van der Waals surface area contributed by atoms with Gasteiger partial charge in [-0.05, 0) is 47.9 Å². The number of hydrogen-bond donors (Lipinski definition) is 5. The molecule has 3 aromatic rings. The van der Waals surface area contributed by atoms with Crippen LogP contribution in [0.5, 0.6) is 0 Å². The van der Waals surface area contributed by atoms with Gasteiger partial charge in [-0.15, -0.1) is 0 Å². The van der Waals surface area contributed by atoms with Crippen molar-refractivity contribution in [3.63, 3.8) is 0 Å². The molecule has 0 aromatic heterocycles. The highest BCUT2D eigenvalue weighted by molar-refractivity contribution is 7.52. The Hall–Kier alpha value is -3.46. The van der Waals surface area contributed by atoms with Crippen LogP contribution in [0.3, 0.4) is 0 Å². The molecule has 4 rings (SSSR count). The Labute approximate surface area is 251 Å². The monoisotopic (exact) mass is 607 g/mol. The van der Waals surface area contributed by atoms with Crippen molar-refractivity contribution in [1.29, 1.82) is 0 Å². The summed E-state index contributed by atoms with van der Waals surface area (Å²) < 4.78 is 11.4. The summed E-state index contributed by atoms with van der Waals surface area (Å²) in [5.41, 5.74) is 0.0706. The summed E-state index contributed by atoms with van der Waals surface area (Å²) >= 11 is 0. The molecule has 228 valence electrons. The van der Waals surface area contributed by atoms with Gasteiger partial charge in [-0.1, -0.05) is 91.7 Å². The van der Waals surface area contributed by atoms with Gasteiger partial charge in [0.2, 0.25) is 5.91 Å². The van der Waals surface area contributed by atoms with Crippen molar-refractivity contribution in [3.05, 3.63) is 95.6 Å².